The summed E-state index contributed by atoms with van der Waals surface area (Å²) in [5.41, 5.74) is 2.37. The van der Waals surface area contributed by atoms with Gasteiger partial charge in [0.25, 0.3) is 0 Å². The first kappa shape index (κ1) is 12.5. The van der Waals surface area contributed by atoms with Crippen molar-refractivity contribution in [2.45, 2.75) is 18.9 Å². The molecule has 0 saturated carbocycles. The Labute approximate surface area is 118 Å². The molecule has 3 heteroatoms. The Kier molecular flexibility index (Phi) is 3.45. The minimum atomic E-state index is 0.391. The molecule has 98 valence electrons. The van der Waals surface area contributed by atoms with Gasteiger partial charge in [0.1, 0.15) is 11.5 Å². The molecule has 0 spiro atoms. The highest BCUT2D eigenvalue weighted by Crippen LogP contribution is 2.37. The number of ether oxygens (including phenoxy) is 1. The molecule has 0 aliphatic carbocycles. The van der Waals surface area contributed by atoms with E-state index in [1.807, 2.05) is 37.4 Å². The molecule has 1 unspecified atom stereocenters. The lowest BCUT2D eigenvalue weighted by Gasteiger charge is -2.24. The van der Waals surface area contributed by atoms with Gasteiger partial charge in [0.15, 0.2) is 0 Å². The van der Waals surface area contributed by atoms with Crippen molar-refractivity contribution in [1.82, 2.24) is 5.32 Å². The van der Waals surface area contributed by atoms with Crippen LogP contribution >= 0.6 is 11.6 Å². The van der Waals surface area contributed by atoms with E-state index in [4.69, 9.17) is 16.3 Å². The van der Waals surface area contributed by atoms with Crippen molar-refractivity contribution >= 4 is 11.6 Å². The van der Waals surface area contributed by atoms with Crippen molar-refractivity contribution in [3.63, 3.8) is 0 Å². The van der Waals surface area contributed by atoms with E-state index in [0.29, 0.717) is 11.1 Å². The predicted octanol–water partition coefficient (Wildman–Crippen LogP) is 3.82. The van der Waals surface area contributed by atoms with Crippen molar-refractivity contribution in [1.29, 1.82) is 0 Å². The summed E-state index contributed by atoms with van der Waals surface area (Å²) in [6, 6.07) is 14.5. The Bertz CT molecular complexity index is 597. The van der Waals surface area contributed by atoms with E-state index in [9.17, 15) is 0 Å². The van der Waals surface area contributed by atoms with Crippen molar-refractivity contribution < 1.29 is 4.74 Å². The van der Waals surface area contributed by atoms with E-state index in [2.05, 4.69) is 17.4 Å². The van der Waals surface area contributed by atoms with E-state index < -0.39 is 0 Å². The molecular weight excluding hydrogens is 258 g/mol. The van der Waals surface area contributed by atoms with Crippen LogP contribution in [0.2, 0.25) is 5.02 Å². The van der Waals surface area contributed by atoms with Crippen LogP contribution in [0, 0.1) is 0 Å². The zero-order chi connectivity index (χ0) is 13.2. The molecule has 19 heavy (non-hydrogen) atoms. The molecule has 2 nitrogen and oxygen atoms in total. The molecular formula is C16H16ClNO. The number of nitrogens with one attached hydrogen (secondary N) is 1. The van der Waals surface area contributed by atoms with Gasteiger partial charge < -0.3 is 10.1 Å². The zero-order valence-corrected chi connectivity index (χ0v) is 11.6. The molecule has 0 radical (unpaired) electrons. The Morgan fingerprint density at radius 3 is 2.63 bits per heavy atom. The number of benzene rings is 2. The lowest BCUT2D eigenvalue weighted by Crippen LogP contribution is -2.31. The van der Waals surface area contributed by atoms with Crippen LogP contribution in [0.15, 0.2) is 42.5 Å². The minimum Gasteiger partial charge on any atom is -0.455 e. The van der Waals surface area contributed by atoms with Crippen molar-refractivity contribution in [2.24, 2.45) is 0 Å². The number of halogens is 1. The first-order chi connectivity index (χ1) is 9.28. The van der Waals surface area contributed by atoms with E-state index in [1.165, 1.54) is 5.56 Å². The molecule has 0 saturated heterocycles. The largest absolute Gasteiger partial charge is 0.455 e. The summed E-state index contributed by atoms with van der Waals surface area (Å²) in [5, 5.41) is 4.04. The third-order valence-electron chi connectivity index (χ3n) is 3.57. The normalized spacial score (nSPS) is 17.7. The van der Waals surface area contributed by atoms with Crippen LogP contribution in [-0.4, -0.2) is 13.1 Å². The van der Waals surface area contributed by atoms with Gasteiger partial charge in [-0.2, -0.15) is 0 Å². The van der Waals surface area contributed by atoms with Crippen LogP contribution in [0.4, 0.5) is 0 Å². The first-order valence-corrected chi connectivity index (χ1v) is 6.86. The Balaban J connectivity index is 2.12. The van der Waals surface area contributed by atoms with Crippen LogP contribution < -0.4 is 10.1 Å². The maximum absolute atomic E-state index is 6.28. The molecule has 1 N–H and O–H groups in total. The summed E-state index contributed by atoms with van der Waals surface area (Å²) in [4.78, 5) is 0. The van der Waals surface area contributed by atoms with Gasteiger partial charge in [0, 0.05) is 6.04 Å². The predicted molar refractivity (Wildman–Crippen MR) is 78.2 cm³/mol. The Morgan fingerprint density at radius 1 is 1.05 bits per heavy atom. The average molecular weight is 274 g/mol. The van der Waals surface area contributed by atoms with Gasteiger partial charge in [-0.25, -0.2) is 0 Å². The smallest absolute Gasteiger partial charge is 0.149 e. The second-order valence-electron chi connectivity index (χ2n) is 4.83. The number of hydrogen-bond donors (Lipinski definition) is 1. The molecule has 2 aromatic rings. The minimum absolute atomic E-state index is 0.391. The van der Waals surface area contributed by atoms with Crippen LogP contribution in [0.5, 0.6) is 11.5 Å². The molecule has 1 heterocycles. The quantitative estimate of drug-likeness (QED) is 0.853. The van der Waals surface area contributed by atoms with Crippen molar-refractivity contribution in [3.8, 4) is 11.5 Å². The second-order valence-corrected chi connectivity index (χ2v) is 5.24. The van der Waals surface area contributed by atoms with Gasteiger partial charge in [-0.15, -0.1) is 0 Å². The van der Waals surface area contributed by atoms with Crippen LogP contribution in [0.1, 0.15) is 11.1 Å². The fourth-order valence-electron chi connectivity index (χ4n) is 2.52. The summed E-state index contributed by atoms with van der Waals surface area (Å²) in [6.07, 6.45) is 1.87. The summed E-state index contributed by atoms with van der Waals surface area (Å²) in [6.45, 7) is 0. The van der Waals surface area contributed by atoms with Crippen LogP contribution in [0.25, 0.3) is 0 Å². The number of rotatable bonds is 1. The highest BCUT2D eigenvalue weighted by molar-refractivity contribution is 6.32. The number of hydrogen-bond acceptors (Lipinski definition) is 2. The number of para-hydroxylation sites is 2. The molecule has 1 atom stereocenters. The summed E-state index contributed by atoms with van der Waals surface area (Å²) >= 11 is 6.28. The van der Waals surface area contributed by atoms with E-state index in [0.717, 1.165) is 29.9 Å². The van der Waals surface area contributed by atoms with Crippen molar-refractivity contribution in [3.05, 3.63) is 58.6 Å². The SMILES string of the molecule is CNC1Cc2ccccc2Oc2c(Cl)cccc2C1. The summed E-state index contributed by atoms with van der Waals surface area (Å²) in [5.74, 6) is 1.69. The Hall–Kier alpha value is -1.51. The van der Waals surface area contributed by atoms with E-state index in [1.54, 1.807) is 0 Å². The van der Waals surface area contributed by atoms with Gasteiger partial charge in [-0.1, -0.05) is 41.9 Å². The van der Waals surface area contributed by atoms with Gasteiger partial charge in [-0.3, -0.25) is 0 Å². The van der Waals surface area contributed by atoms with Crippen LogP contribution in [-0.2, 0) is 12.8 Å². The highest BCUT2D eigenvalue weighted by atomic mass is 35.5. The average Bonchev–Trinajstić information content (AvgIpc) is 2.40. The van der Waals surface area contributed by atoms with Crippen molar-refractivity contribution in [2.75, 3.05) is 7.05 Å². The number of fused-ring (bicyclic) bond motifs is 2. The van der Waals surface area contributed by atoms with Crippen LogP contribution in [0.3, 0.4) is 0 Å². The topological polar surface area (TPSA) is 21.3 Å². The first-order valence-electron chi connectivity index (χ1n) is 6.48. The molecule has 0 aromatic heterocycles. The number of likely N-dealkylation sites (N-methyl/N-ethyl adjacent to an activating group) is 1. The standard InChI is InChI=1S/C16H16ClNO/c1-18-13-9-11-5-2-3-8-15(11)19-16-12(10-13)6-4-7-14(16)17/h2-8,13,18H,9-10H2,1H3. The maximum atomic E-state index is 6.28. The summed E-state index contributed by atoms with van der Waals surface area (Å²) in [7, 11) is 2.00. The molecule has 0 bridgehead atoms. The maximum Gasteiger partial charge on any atom is 0.149 e. The monoisotopic (exact) mass is 273 g/mol. The van der Waals surface area contributed by atoms with Gasteiger partial charge in [0.05, 0.1) is 5.02 Å². The molecule has 3 rings (SSSR count). The third kappa shape index (κ3) is 2.46. The molecule has 1 aliphatic heterocycles. The molecule has 0 amide bonds. The fourth-order valence-corrected chi connectivity index (χ4v) is 2.75. The molecule has 1 aliphatic rings. The van der Waals surface area contributed by atoms with Gasteiger partial charge in [-0.05, 0) is 43.1 Å². The van der Waals surface area contributed by atoms with E-state index in [-0.39, 0.29) is 0 Å². The van der Waals surface area contributed by atoms with Gasteiger partial charge in [0.2, 0.25) is 0 Å². The van der Waals surface area contributed by atoms with E-state index >= 15 is 0 Å². The second kappa shape index (κ2) is 5.24. The third-order valence-corrected chi connectivity index (χ3v) is 3.87. The summed E-state index contributed by atoms with van der Waals surface area (Å²) < 4.78 is 6.05. The lowest BCUT2D eigenvalue weighted by atomic mass is 9.96. The lowest BCUT2D eigenvalue weighted by molar-refractivity contribution is 0.441. The fraction of sp³-hybridized carbons (Fsp3) is 0.250. The molecule has 0 fully saturated rings. The molecule has 2 aromatic carbocycles. The Morgan fingerprint density at radius 2 is 1.79 bits per heavy atom. The van der Waals surface area contributed by atoms with Gasteiger partial charge >= 0.3 is 0 Å². The highest BCUT2D eigenvalue weighted by Gasteiger charge is 2.20. The zero-order valence-electron chi connectivity index (χ0n) is 10.8.